The maximum absolute atomic E-state index is 12.1. The molecule has 0 aromatic heterocycles. The molecule has 1 N–H and O–H groups in total. The summed E-state index contributed by atoms with van der Waals surface area (Å²) < 4.78 is 11.2. The molecule has 2 rings (SSSR count). The van der Waals surface area contributed by atoms with Gasteiger partial charge in [0.25, 0.3) is 5.91 Å². The molecule has 0 saturated carbocycles. The van der Waals surface area contributed by atoms with Crippen LogP contribution in [0.1, 0.15) is 18.1 Å². The predicted octanol–water partition coefficient (Wildman–Crippen LogP) is 3.25. The van der Waals surface area contributed by atoms with Gasteiger partial charge >= 0.3 is 5.97 Å². The number of nitrogens with one attached hydrogen (secondary N) is 1. The van der Waals surface area contributed by atoms with Gasteiger partial charge in [0.2, 0.25) is 0 Å². The Balaban J connectivity index is 1.78. The van der Waals surface area contributed by atoms with Crippen molar-refractivity contribution in [2.75, 3.05) is 7.11 Å². The molecular weight excluding hydrogens is 386 g/mol. The van der Waals surface area contributed by atoms with E-state index in [1.54, 1.807) is 14.0 Å². The molecule has 5 nitrogen and oxygen atoms in total. The first kappa shape index (κ1) is 19.0. The number of halogens is 1. The number of methoxy groups -OCH3 is 1. The highest BCUT2D eigenvalue weighted by atomic mass is 79.9. The van der Waals surface area contributed by atoms with Gasteiger partial charge in [-0.25, -0.2) is 0 Å². The second-order valence-corrected chi connectivity index (χ2v) is 6.42. The van der Waals surface area contributed by atoms with Gasteiger partial charge in [0.05, 0.1) is 13.5 Å². The molecule has 2 aromatic carbocycles. The molecule has 0 fully saturated rings. The molecule has 0 aliphatic rings. The summed E-state index contributed by atoms with van der Waals surface area (Å²) in [7, 11) is 1.60. The zero-order valence-corrected chi connectivity index (χ0v) is 15.7. The molecule has 132 valence electrons. The number of esters is 1. The van der Waals surface area contributed by atoms with Crippen LogP contribution in [0.4, 0.5) is 0 Å². The van der Waals surface area contributed by atoms with Crippen LogP contribution in [0.15, 0.2) is 53.0 Å². The van der Waals surface area contributed by atoms with Crippen LogP contribution in [0.25, 0.3) is 0 Å². The Morgan fingerprint density at radius 3 is 2.24 bits per heavy atom. The maximum atomic E-state index is 12.1. The van der Waals surface area contributed by atoms with Crippen molar-refractivity contribution in [3.05, 3.63) is 64.1 Å². The van der Waals surface area contributed by atoms with E-state index in [9.17, 15) is 9.59 Å². The highest BCUT2D eigenvalue weighted by Gasteiger charge is 2.17. The number of rotatable bonds is 7. The van der Waals surface area contributed by atoms with Crippen molar-refractivity contribution in [3.63, 3.8) is 0 Å². The van der Waals surface area contributed by atoms with Gasteiger partial charge in [-0.3, -0.25) is 9.59 Å². The third-order valence-corrected chi connectivity index (χ3v) is 4.09. The van der Waals surface area contributed by atoms with Crippen molar-refractivity contribution in [2.24, 2.45) is 0 Å². The molecular formula is C19H20BrNO4. The van der Waals surface area contributed by atoms with E-state index in [4.69, 9.17) is 9.47 Å². The summed E-state index contributed by atoms with van der Waals surface area (Å²) in [5.41, 5.74) is 1.77. The van der Waals surface area contributed by atoms with Crippen LogP contribution in [0.2, 0.25) is 0 Å². The predicted molar refractivity (Wildman–Crippen MR) is 98.2 cm³/mol. The average Bonchev–Trinajstić information content (AvgIpc) is 2.62. The zero-order valence-electron chi connectivity index (χ0n) is 14.1. The van der Waals surface area contributed by atoms with Gasteiger partial charge in [0, 0.05) is 11.0 Å². The van der Waals surface area contributed by atoms with Gasteiger partial charge in [-0.2, -0.15) is 0 Å². The first-order valence-corrected chi connectivity index (χ1v) is 8.62. The fourth-order valence-corrected chi connectivity index (χ4v) is 2.40. The van der Waals surface area contributed by atoms with Crippen LogP contribution in [0.5, 0.6) is 5.75 Å². The monoisotopic (exact) mass is 405 g/mol. The van der Waals surface area contributed by atoms with Crippen LogP contribution in [-0.4, -0.2) is 25.1 Å². The van der Waals surface area contributed by atoms with Gasteiger partial charge in [-0.1, -0.05) is 40.2 Å². The van der Waals surface area contributed by atoms with Crippen molar-refractivity contribution < 1.29 is 19.1 Å². The zero-order chi connectivity index (χ0) is 18.2. The fraction of sp³-hybridized carbons (Fsp3) is 0.263. The van der Waals surface area contributed by atoms with Crippen LogP contribution >= 0.6 is 15.9 Å². The van der Waals surface area contributed by atoms with Crippen molar-refractivity contribution in [2.45, 2.75) is 26.0 Å². The number of carbonyl (C=O) groups excluding carboxylic acids is 2. The van der Waals surface area contributed by atoms with E-state index in [2.05, 4.69) is 21.2 Å². The quantitative estimate of drug-likeness (QED) is 0.718. The molecule has 0 aliphatic heterocycles. The lowest BCUT2D eigenvalue weighted by atomic mass is 10.1. The summed E-state index contributed by atoms with van der Waals surface area (Å²) in [5.74, 6) is -0.0142. The third kappa shape index (κ3) is 6.23. The molecule has 25 heavy (non-hydrogen) atoms. The number of benzene rings is 2. The molecule has 2 aromatic rings. The summed E-state index contributed by atoms with van der Waals surface area (Å²) in [6.07, 6.45) is -0.718. The number of hydrogen-bond donors (Lipinski definition) is 1. The van der Waals surface area contributed by atoms with E-state index in [0.29, 0.717) is 6.54 Å². The molecule has 0 spiro atoms. The van der Waals surface area contributed by atoms with Gasteiger partial charge in [-0.15, -0.1) is 0 Å². The summed E-state index contributed by atoms with van der Waals surface area (Å²) in [6.45, 7) is 1.92. The molecule has 0 heterocycles. The summed E-state index contributed by atoms with van der Waals surface area (Å²) >= 11 is 3.34. The minimum absolute atomic E-state index is 0.128. The first-order valence-electron chi connectivity index (χ1n) is 7.82. The van der Waals surface area contributed by atoms with Crippen molar-refractivity contribution in [3.8, 4) is 5.75 Å². The Bertz CT molecular complexity index is 713. The molecule has 6 heteroatoms. The Hall–Kier alpha value is -2.34. The topological polar surface area (TPSA) is 64.6 Å². The van der Waals surface area contributed by atoms with E-state index in [1.165, 1.54) is 0 Å². The lowest BCUT2D eigenvalue weighted by Gasteiger charge is -2.14. The number of hydrogen-bond acceptors (Lipinski definition) is 4. The number of amides is 1. The smallest absolute Gasteiger partial charge is 0.311 e. The van der Waals surface area contributed by atoms with Crippen molar-refractivity contribution >= 4 is 27.8 Å². The Kier molecular flexibility index (Phi) is 7.01. The Morgan fingerprint density at radius 2 is 1.64 bits per heavy atom. The first-order chi connectivity index (χ1) is 12.0. The minimum atomic E-state index is -0.846. The fourth-order valence-electron chi connectivity index (χ4n) is 2.14. The molecule has 0 bridgehead atoms. The second-order valence-electron chi connectivity index (χ2n) is 5.50. The van der Waals surface area contributed by atoms with Gasteiger partial charge in [0.1, 0.15) is 5.75 Å². The largest absolute Gasteiger partial charge is 0.497 e. The summed E-state index contributed by atoms with van der Waals surface area (Å²) in [4.78, 5) is 24.0. The third-order valence-electron chi connectivity index (χ3n) is 3.56. The average molecular weight is 406 g/mol. The van der Waals surface area contributed by atoms with E-state index >= 15 is 0 Å². The van der Waals surface area contributed by atoms with Gasteiger partial charge in [-0.05, 0) is 42.3 Å². The van der Waals surface area contributed by atoms with Gasteiger partial charge in [0.15, 0.2) is 6.10 Å². The molecule has 0 radical (unpaired) electrons. The lowest BCUT2D eigenvalue weighted by molar-refractivity contribution is -0.154. The van der Waals surface area contributed by atoms with Crippen LogP contribution in [-0.2, 0) is 27.3 Å². The highest BCUT2D eigenvalue weighted by molar-refractivity contribution is 9.10. The molecule has 0 unspecified atom stereocenters. The summed E-state index contributed by atoms with van der Waals surface area (Å²) in [5, 5.41) is 2.75. The standard InChI is InChI=1S/C19H20BrNO4/c1-13(25-18(22)11-14-3-7-16(20)8-4-14)19(23)21-12-15-5-9-17(24-2)10-6-15/h3-10,13H,11-12H2,1-2H3,(H,21,23)/t13-/m0/s1. The maximum Gasteiger partial charge on any atom is 0.311 e. The SMILES string of the molecule is COc1ccc(CNC(=O)[C@H](C)OC(=O)Cc2ccc(Br)cc2)cc1. The molecule has 1 atom stereocenters. The van der Waals surface area contributed by atoms with E-state index in [1.807, 2.05) is 48.5 Å². The van der Waals surface area contributed by atoms with Crippen LogP contribution in [0.3, 0.4) is 0 Å². The van der Waals surface area contributed by atoms with Crippen molar-refractivity contribution in [1.29, 1.82) is 0 Å². The van der Waals surface area contributed by atoms with Gasteiger partial charge < -0.3 is 14.8 Å². The van der Waals surface area contributed by atoms with Crippen LogP contribution in [0, 0.1) is 0 Å². The minimum Gasteiger partial charge on any atom is -0.497 e. The Labute approximate surface area is 155 Å². The number of carbonyl (C=O) groups is 2. The molecule has 0 aliphatic carbocycles. The lowest BCUT2D eigenvalue weighted by Crippen LogP contribution is -2.35. The number of ether oxygens (including phenoxy) is 2. The highest BCUT2D eigenvalue weighted by Crippen LogP contribution is 2.12. The second kappa shape index (κ2) is 9.22. The van der Waals surface area contributed by atoms with E-state index in [-0.39, 0.29) is 12.3 Å². The van der Waals surface area contributed by atoms with Crippen molar-refractivity contribution in [1.82, 2.24) is 5.32 Å². The molecule has 0 saturated heterocycles. The van der Waals surface area contributed by atoms with Crippen LogP contribution < -0.4 is 10.1 Å². The summed E-state index contributed by atoms with van der Waals surface area (Å²) in [6, 6.07) is 14.7. The van der Waals surface area contributed by atoms with E-state index in [0.717, 1.165) is 21.3 Å². The normalized spacial score (nSPS) is 11.5. The Morgan fingerprint density at radius 1 is 1.04 bits per heavy atom. The van der Waals surface area contributed by atoms with E-state index < -0.39 is 12.1 Å². The molecule has 1 amide bonds.